The fraction of sp³-hybridized carbons (Fsp3) is 0.390. The molecular weight excluding hydrogens is 741 g/mol. The highest BCUT2D eigenvalue weighted by Gasteiger charge is 2.29. The molecule has 1 amide bonds. The number of rotatable bonds is 14. The van der Waals surface area contributed by atoms with Gasteiger partial charge in [0.25, 0.3) is 0 Å². The number of aromatic nitrogens is 4. The third kappa shape index (κ3) is 8.42. The zero-order valence-electron chi connectivity index (χ0n) is 31.1. The van der Waals surface area contributed by atoms with Crippen LogP contribution in [-0.4, -0.2) is 81.5 Å². The number of halogens is 2. The van der Waals surface area contributed by atoms with Gasteiger partial charge in [-0.05, 0) is 62.9 Å². The zero-order chi connectivity index (χ0) is 38.6. The van der Waals surface area contributed by atoms with Crippen molar-refractivity contribution in [1.82, 2.24) is 35.3 Å². The summed E-state index contributed by atoms with van der Waals surface area (Å²) < 4.78 is 13.3. The largest absolute Gasteiger partial charge is 0.481 e. The number of benzene rings is 2. The summed E-state index contributed by atoms with van der Waals surface area (Å²) in [6.07, 6.45) is 6.27. The third-order valence-electron chi connectivity index (χ3n) is 10.8. The van der Waals surface area contributed by atoms with Crippen molar-refractivity contribution in [3.05, 3.63) is 87.7 Å². The van der Waals surface area contributed by atoms with E-state index in [0.29, 0.717) is 78.6 Å². The second-order valence-electron chi connectivity index (χ2n) is 14.4. The van der Waals surface area contributed by atoms with Gasteiger partial charge in [-0.15, -0.1) is 0 Å². The van der Waals surface area contributed by atoms with Crippen molar-refractivity contribution >= 4 is 46.0 Å². The highest BCUT2D eigenvalue weighted by molar-refractivity contribution is 6.36. The Labute approximate surface area is 330 Å². The maximum Gasteiger partial charge on any atom is 0.306 e. The lowest BCUT2D eigenvalue weighted by atomic mass is 9.85. The molecule has 55 heavy (non-hydrogen) atoms. The lowest BCUT2D eigenvalue weighted by Crippen LogP contribution is -2.36. The maximum absolute atomic E-state index is 11.5. The molecule has 0 radical (unpaired) electrons. The normalized spacial score (nSPS) is 18.5. The van der Waals surface area contributed by atoms with Gasteiger partial charge >= 0.3 is 5.97 Å². The van der Waals surface area contributed by atoms with Crippen LogP contribution >= 0.6 is 23.2 Å². The van der Waals surface area contributed by atoms with Crippen LogP contribution < -0.4 is 20.1 Å². The van der Waals surface area contributed by atoms with E-state index < -0.39 is 5.97 Å². The average molecular weight is 787 g/mol. The number of carboxylic acids is 1. The molecule has 7 rings (SSSR count). The van der Waals surface area contributed by atoms with E-state index in [1.807, 2.05) is 72.5 Å². The van der Waals surface area contributed by atoms with E-state index in [9.17, 15) is 14.7 Å². The number of fused-ring (bicyclic) bond motifs is 1. The number of nitrogens with zero attached hydrogens (tertiary/aromatic N) is 5. The number of carboxylic acid groups (broad SMARTS) is 1. The van der Waals surface area contributed by atoms with Crippen LogP contribution in [0.5, 0.6) is 11.8 Å². The number of amides is 1. The van der Waals surface area contributed by atoms with Crippen molar-refractivity contribution in [3.8, 4) is 34.1 Å². The van der Waals surface area contributed by atoms with E-state index in [0.717, 1.165) is 58.0 Å². The Hall–Kier alpha value is -4.75. The summed E-state index contributed by atoms with van der Waals surface area (Å²) in [5.41, 5.74) is 6.54. The van der Waals surface area contributed by atoms with E-state index in [1.165, 1.54) is 0 Å². The number of nitrogens with one attached hydrogen (secondary N) is 2. The van der Waals surface area contributed by atoms with Gasteiger partial charge in [0.1, 0.15) is 0 Å². The van der Waals surface area contributed by atoms with Gasteiger partial charge in [-0.3, -0.25) is 19.2 Å². The number of ether oxygens (including phenoxy) is 2. The first kappa shape index (κ1) is 38.5. The van der Waals surface area contributed by atoms with E-state index in [4.69, 9.17) is 47.7 Å². The number of carbonyl (C=O) groups excluding carboxylic acids is 1. The summed E-state index contributed by atoms with van der Waals surface area (Å²) in [4.78, 5) is 34.9. The first-order valence-corrected chi connectivity index (χ1v) is 19.3. The predicted octanol–water partition coefficient (Wildman–Crippen LogP) is 6.98. The number of aliphatic carboxylic acids is 1. The lowest BCUT2D eigenvalue weighted by molar-refractivity contribution is -0.143. The first-order chi connectivity index (χ1) is 26.6. The SMILES string of the molecule is COc1nc(-c2cccc(-c3cccc4c3cnn4Cc3nc(OC)c(CN(C)[C@H]4CC[C@H](C(=O)O)CC4)cc3Cl)c2Cl)ccc1CNC[C@@H]1CCC(=O)N1. The van der Waals surface area contributed by atoms with Crippen LogP contribution in [0.4, 0.5) is 0 Å². The molecule has 2 fully saturated rings. The summed E-state index contributed by atoms with van der Waals surface area (Å²) in [6, 6.07) is 18.2. The smallest absolute Gasteiger partial charge is 0.306 e. The molecule has 1 saturated carbocycles. The molecule has 14 heteroatoms. The van der Waals surface area contributed by atoms with E-state index in [1.54, 1.807) is 14.2 Å². The molecule has 0 unspecified atom stereocenters. The van der Waals surface area contributed by atoms with Crippen molar-refractivity contribution < 1.29 is 24.2 Å². The van der Waals surface area contributed by atoms with Crippen LogP contribution in [0.3, 0.4) is 0 Å². The molecule has 3 N–H and O–H groups in total. The molecule has 0 bridgehead atoms. The topological polar surface area (TPSA) is 144 Å². The van der Waals surface area contributed by atoms with Gasteiger partial charge in [0.05, 0.1) is 59.8 Å². The Morgan fingerprint density at radius 3 is 2.42 bits per heavy atom. The highest BCUT2D eigenvalue weighted by Crippen LogP contribution is 2.40. The van der Waals surface area contributed by atoms with Gasteiger partial charge in [-0.1, -0.05) is 59.6 Å². The molecule has 1 atom stereocenters. The second kappa shape index (κ2) is 16.9. The molecule has 0 spiro atoms. The minimum Gasteiger partial charge on any atom is -0.481 e. The molecule has 5 aromatic rings. The van der Waals surface area contributed by atoms with Gasteiger partial charge in [0, 0.05) is 65.8 Å². The number of hydrogen-bond acceptors (Lipinski definition) is 9. The predicted molar refractivity (Wildman–Crippen MR) is 213 cm³/mol. The molecule has 288 valence electrons. The first-order valence-electron chi connectivity index (χ1n) is 18.6. The minimum absolute atomic E-state index is 0.0976. The monoisotopic (exact) mass is 785 g/mol. The standard InChI is InChI=1S/C41H45Cl2N7O5/c1-49(28-14-10-24(11-15-28)41(52)53)22-26-18-33(42)35(48-40(26)55-3)23-50-36-9-5-6-29(32(36)21-45-50)30-7-4-8-31(38(30)43)34-16-12-25(39(47-34)54-2)19-44-20-27-13-17-37(51)46-27/h4-9,12,16,18,21,24,27-28,44H,10-11,13-15,17,19-20,22-23H2,1-3H3,(H,46,51)(H,52,53)/t24-,27-,28-/m0/s1. The Bertz CT molecular complexity index is 2200. The van der Waals surface area contributed by atoms with Crippen LogP contribution in [0.25, 0.3) is 33.3 Å². The quantitative estimate of drug-likeness (QED) is 0.108. The molecular formula is C41H45Cl2N7O5. The van der Waals surface area contributed by atoms with Crippen LogP contribution in [0.15, 0.2) is 60.8 Å². The van der Waals surface area contributed by atoms with Gasteiger partial charge in [0.15, 0.2) is 0 Å². The van der Waals surface area contributed by atoms with Gasteiger partial charge in [-0.2, -0.15) is 5.10 Å². The molecule has 3 aromatic heterocycles. The van der Waals surface area contributed by atoms with Crippen molar-refractivity contribution in [1.29, 1.82) is 0 Å². The number of hydrogen-bond donors (Lipinski definition) is 3. The lowest BCUT2D eigenvalue weighted by Gasteiger charge is -2.33. The van der Waals surface area contributed by atoms with Gasteiger partial charge in [0.2, 0.25) is 17.7 Å². The maximum atomic E-state index is 11.5. The summed E-state index contributed by atoms with van der Waals surface area (Å²) in [5.74, 6) is 0.142. The fourth-order valence-corrected chi connectivity index (χ4v) is 8.35. The van der Waals surface area contributed by atoms with E-state index in [-0.39, 0.29) is 23.9 Å². The molecule has 2 aromatic carbocycles. The van der Waals surface area contributed by atoms with Crippen molar-refractivity contribution in [2.45, 2.75) is 70.2 Å². The van der Waals surface area contributed by atoms with Crippen molar-refractivity contribution in [3.63, 3.8) is 0 Å². The summed E-state index contributed by atoms with van der Waals surface area (Å²) in [6.45, 7) is 2.13. The molecule has 1 saturated heterocycles. The van der Waals surface area contributed by atoms with Crippen molar-refractivity contribution in [2.24, 2.45) is 5.92 Å². The Morgan fingerprint density at radius 2 is 1.69 bits per heavy atom. The van der Waals surface area contributed by atoms with Crippen LogP contribution in [0.2, 0.25) is 10.0 Å². The molecule has 12 nitrogen and oxygen atoms in total. The second-order valence-corrected chi connectivity index (χ2v) is 15.1. The molecule has 4 heterocycles. The Balaban J connectivity index is 1.09. The van der Waals surface area contributed by atoms with Crippen LogP contribution in [0.1, 0.15) is 55.3 Å². The van der Waals surface area contributed by atoms with Crippen LogP contribution in [-0.2, 0) is 29.2 Å². The molecule has 1 aliphatic carbocycles. The third-order valence-corrected chi connectivity index (χ3v) is 11.6. The Kier molecular flexibility index (Phi) is 11.9. The highest BCUT2D eigenvalue weighted by atomic mass is 35.5. The Morgan fingerprint density at radius 1 is 0.964 bits per heavy atom. The fourth-order valence-electron chi connectivity index (χ4n) is 7.79. The summed E-state index contributed by atoms with van der Waals surface area (Å²) in [7, 11) is 5.26. The molecule has 1 aliphatic heterocycles. The summed E-state index contributed by atoms with van der Waals surface area (Å²) >= 11 is 14.0. The summed E-state index contributed by atoms with van der Waals surface area (Å²) in [5, 5.41) is 22.5. The van der Waals surface area contributed by atoms with E-state index >= 15 is 0 Å². The van der Waals surface area contributed by atoms with Gasteiger partial charge in [-0.25, -0.2) is 9.97 Å². The van der Waals surface area contributed by atoms with Gasteiger partial charge < -0.3 is 25.2 Å². The minimum atomic E-state index is -0.705. The van der Waals surface area contributed by atoms with Crippen molar-refractivity contribution in [2.75, 3.05) is 27.8 Å². The average Bonchev–Trinajstić information content (AvgIpc) is 3.81. The van der Waals surface area contributed by atoms with Crippen LogP contribution in [0, 0.1) is 5.92 Å². The number of carbonyl (C=O) groups is 2. The number of methoxy groups -OCH3 is 2. The molecule has 2 aliphatic rings. The van der Waals surface area contributed by atoms with E-state index in [2.05, 4.69) is 15.5 Å². The zero-order valence-corrected chi connectivity index (χ0v) is 32.7. The number of pyridine rings is 2.